The molecule has 1 saturated carbocycles. The Balaban J connectivity index is 2.81. The first-order valence-electron chi connectivity index (χ1n) is 5.16. The fraction of sp³-hybridized carbons (Fsp3) is 0.800. The van der Waals surface area contributed by atoms with Gasteiger partial charge in [0.05, 0.1) is 0 Å². The summed E-state index contributed by atoms with van der Waals surface area (Å²) in [5.41, 5.74) is -1.47. The maximum absolute atomic E-state index is 11.6. The van der Waals surface area contributed by atoms with Gasteiger partial charge in [0.2, 0.25) is 5.78 Å². The molecule has 0 aromatic rings. The molecule has 0 N–H and O–H groups in total. The molecule has 0 aromatic heterocycles. The third-order valence-corrected chi connectivity index (χ3v) is 3.00. The molecule has 0 radical (unpaired) electrons. The number of ketones is 2. The molecular formula is C10H15NO4. The Hall–Kier alpha value is -1.26. The molecule has 1 fully saturated rings. The van der Waals surface area contributed by atoms with Crippen molar-refractivity contribution in [2.75, 3.05) is 0 Å². The zero-order chi connectivity index (χ0) is 11.5. The smallest absolute Gasteiger partial charge is 0.279 e. The Kier molecular flexibility index (Phi) is 3.55. The zero-order valence-electron chi connectivity index (χ0n) is 8.82. The Morgan fingerprint density at radius 2 is 2.20 bits per heavy atom. The van der Waals surface area contributed by atoms with E-state index in [2.05, 4.69) is 0 Å². The van der Waals surface area contributed by atoms with Gasteiger partial charge in [-0.25, -0.2) is 0 Å². The van der Waals surface area contributed by atoms with Gasteiger partial charge in [-0.3, -0.25) is 14.9 Å². The van der Waals surface area contributed by atoms with Crippen LogP contribution in [0.25, 0.3) is 0 Å². The van der Waals surface area contributed by atoms with Crippen molar-refractivity contribution in [2.24, 2.45) is 0 Å². The summed E-state index contributed by atoms with van der Waals surface area (Å²) in [7, 11) is 0. The summed E-state index contributed by atoms with van der Waals surface area (Å²) in [5, 5.41) is 11.0. The molecule has 0 amide bonds. The number of hydrogen-bond donors (Lipinski definition) is 0. The van der Waals surface area contributed by atoms with Crippen LogP contribution < -0.4 is 0 Å². The van der Waals surface area contributed by atoms with E-state index in [-0.39, 0.29) is 37.2 Å². The fourth-order valence-electron chi connectivity index (χ4n) is 2.01. The van der Waals surface area contributed by atoms with Crippen molar-refractivity contribution in [3.05, 3.63) is 10.1 Å². The molecule has 0 heterocycles. The molecular weight excluding hydrogens is 198 g/mol. The topological polar surface area (TPSA) is 77.3 Å². The molecule has 0 aliphatic heterocycles. The van der Waals surface area contributed by atoms with Gasteiger partial charge in [0.25, 0.3) is 5.54 Å². The first-order valence-corrected chi connectivity index (χ1v) is 5.16. The first-order chi connectivity index (χ1) is 6.99. The van der Waals surface area contributed by atoms with Crippen LogP contribution in [0.3, 0.4) is 0 Å². The minimum Gasteiger partial charge on any atom is -0.300 e. The average Bonchev–Trinajstić information content (AvgIpc) is 2.16. The van der Waals surface area contributed by atoms with Gasteiger partial charge < -0.3 is 4.79 Å². The van der Waals surface area contributed by atoms with E-state index in [1.807, 2.05) is 0 Å². The van der Waals surface area contributed by atoms with Crippen molar-refractivity contribution in [3.8, 4) is 0 Å². The van der Waals surface area contributed by atoms with E-state index in [1.54, 1.807) is 0 Å². The van der Waals surface area contributed by atoms with Crippen LogP contribution in [-0.4, -0.2) is 22.0 Å². The fourth-order valence-corrected chi connectivity index (χ4v) is 2.01. The lowest BCUT2D eigenvalue weighted by atomic mass is 9.77. The molecule has 1 aliphatic rings. The van der Waals surface area contributed by atoms with Gasteiger partial charge in [0, 0.05) is 30.6 Å². The number of Topliss-reactive ketones (excluding diaryl/α,β-unsaturated/α-hetero) is 2. The van der Waals surface area contributed by atoms with Gasteiger partial charge in [-0.1, -0.05) is 0 Å². The number of hydrogen-bond acceptors (Lipinski definition) is 4. The normalized spacial score (nSPS) is 26.3. The minimum absolute atomic E-state index is 0.0637. The van der Waals surface area contributed by atoms with Crippen molar-refractivity contribution >= 4 is 11.6 Å². The van der Waals surface area contributed by atoms with Crippen LogP contribution in [0, 0.1) is 10.1 Å². The van der Waals surface area contributed by atoms with Crippen molar-refractivity contribution in [1.82, 2.24) is 0 Å². The second kappa shape index (κ2) is 4.51. The Morgan fingerprint density at radius 3 is 2.67 bits per heavy atom. The number of nitrogens with zero attached hydrogens (tertiary/aromatic N) is 1. The maximum atomic E-state index is 11.6. The SMILES string of the molecule is CC(=O)CCC1([N+](=O)[O-])CCCCC1=O. The van der Waals surface area contributed by atoms with E-state index in [0.29, 0.717) is 6.42 Å². The minimum atomic E-state index is -1.47. The van der Waals surface area contributed by atoms with Crippen LogP contribution >= 0.6 is 0 Å². The van der Waals surface area contributed by atoms with E-state index in [0.717, 1.165) is 6.42 Å². The second-order valence-electron chi connectivity index (χ2n) is 4.12. The van der Waals surface area contributed by atoms with Gasteiger partial charge in [0.1, 0.15) is 5.78 Å². The summed E-state index contributed by atoms with van der Waals surface area (Å²) in [5.74, 6) is -0.408. The molecule has 1 atom stereocenters. The van der Waals surface area contributed by atoms with E-state index in [9.17, 15) is 19.7 Å². The number of carbonyl (C=O) groups is 2. The molecule has 15 heavy (non-hydrogen) atoms. The first kappa shape index (κ1) is 11.8. The summed E-state index contributed by atoms with van der Waals surface area (Å²) in [6.45, 7) is 1.39. The van der Waals surface area contributed by atoms with Gasteiger partial charge in [-0.2, -0.15) is 0 Å². The Bertz CT molecular complexity index is 300. The van der Waals surface area contributed by atoms with E-state index < -0.39 is 10.5 Å². The molecule has 1 unspecified atom stereocenters. The number of nitro groups is 1. The number of carbonyl (C=O) groups excluding carboxylic acids is 2. The molecule has 1 rings (SSSR count). The largest absolute Gasteiger partial charge is 0.300 e. The third-order valence-electron chi connectivity index (χ3n) is 3.00. The Morgan fingerprint density at radius 1 is 1.53 bits per heavy atom. The third kappa shape index (κ3) is 2.40. The quantitative estimate of drug-likeness (QED) is 0.524. The lowest BCUT2D eigenvalue weighted by Gasteiger charge is -2.27. The van der Waals surface area contributed by atoms with Gasteiger partial charge >= 0.3 is 0 Å². The molecule has 0 aromatic carbocycles. The second-order valence-corrected chi connectivity index (χ2v) is 4.12. The van der Waals surface area contributed by atoms with Crippen LogP contribution in [0.4, 0.5) is 0 Å². The highest BCUT2D eigenvalue weighted by Gasteiger charge is 2.50. The molecule has 0 bridgehead atoms. The van der Waals surface area contributed by atoms with Crippen molar-refractivity contribution in [3.63, 3.8) is 0 Å². The maximum Gasteiger partial charge on any atom is 0.279 e. The predicted molar refractivity (Wildman–Crippen MR) is 53.1 cm³/mol. The lowest BCUT2D eigenvalue weighted by molar-refractivity contribution is -0.555. The van der Waals surface area contributed by atoms with E-state index >= 15 is 0 Å². The van der Waals surface area contributed by atoms with Crippen molar-refractivity contribution < 1.29 is 14.5 Å². The van der Waals surface area contributed by atoms with Gasteiger partial charge in [-0.05, 0) is 19.8 Å². The lowest BCUT2D eigenvalue weighted by Crippen LogP contribution is -2.48. The van der Waals surface area contributed by atoms with Crippen molar-refractivity contribution in [2.45, 2.75) is 51.0 Å². The number of rotatable bonds is 4. The monoisotopic (exact) mass is 213 g/mol. The van der Waals surface area contributed by atoms with E-state index in [1.165, 1.54) is 6.92 Å². The molecule has 1 aliphatic carbocycles. The molecule has 0 spiro atoms. The van der Waals surface area contributed by atoms with Crippen LogP contribution in [0.2, 0.25) is 0 Å². The standard InChI is InChI=1S/C10H15NO4/c1-8(12)5-7-10(11(14)15)6-3-2-4-9(10)13/h2-7H2,1H3. The van der Waals surface area contributed by atoms with Crippen LogP contribution in [0.1, 0.15) is 45.4 Å². The summed E-state index contributed by atoms with van der Waals surface area (Å²) in [6.07, 6.45) is 2.17. The van der Waals surface area contributed by atoms with E-state index in [4.69, 9.17) is 0 Å². The van der Waals surface area contributed by atoms with Crippen LogP contribution in [-0.2, 0) is 9.59 Å². The Labute approximate surface area is 88.0 Å². The zero-order valence-corrected chi connectivity index (χ0v) is 8.82. The summed E-state index contributed by atoms with van der Waals surface area (Å²) in [4.78, 5) is 32.9. The molecule has 5 nitrogen and oxygen atoms in total. The highest BCUT2D eigenvalue weighted by molar-refractivity contribution is 5.88. The highest BCUT2D eigenvalue weighted by atomic mass is 16.6. The highest BCUT2D eigenvalue weighted by Crippen LogP contribution is 2.32. The average molecular weight is 213 g/mol. The summed E-state index contributed by atoms with van der Waals surface area (Å²) in [6, 6.07) is 0. The molecule has 84 valence electrons. The molecule has 0 saturated heterocycles. The molecule has 5 heteroatoms. The van der Waals surface area contributed by atoms with Crippen molar-refractivity contribution in [1.29, 1.82) is 0 Å². The van der Waals surface area contributed by atoms with Gasteiger partial charge in [-0.15, -0.1) is 0 Å². The predicted octanol–water partition coefficient (Wildman–Crippen LogP) is 1.51. The van der Waals surface area contributed by atoms with Crippen LogP contribution in [0.15, 0.2) is 0 Å². The summed E-state index contributed by atoms with van der Waals surface area (Å²) < 4.78 is 0. The summed E-state index contributed by atoms with van der Waals surface area (Å²) >= 11 is 0. The van der Waals surface area contributed by atoms with Gasteiger partial charge in [0.15, 0.2) is 0 Å². The van der Waals surface area contributed by atoms with Crippen LogP contribution in [0.5, 0.6) is 0 Å².